The monoisotopic (exact) mass is 366 g/mol. The first-order valence-corrected chi connectivity index (χ1v) is 7.71. The topological polar surface area (TPSA) is 77.5 Å². The van der Waals surface area contributed by atoms with E-state index in [1.165, 1.54) is 32.4 Å². The molecule has 1 amide bonds. The molecule has 6 nitrogen and oxygen atoms in total. The van der Waals surface area contributed by atoms with Gasteiger partial charge in [-0.3, -0.25) is 9.59 Å². The van der Waals surface area contributed by atoms with Crippen molar-refractivity contribution in [1.29, 1.82) is 0 Å². The number of amides is 1. The van der Waals surface area contributed by atoms with Crippen molar-refractivity contribution in [3.05, 3.63) is 53.1 Å². The number of aromatic nitrogens is 1. The van der Waals surface area contributed by atoms with E-state index in [1.54, 1.807) is 18.2 Å². The summed E-state index contributed by atoms with van der Waals surface area (Å²) in [7, 11) is 1.35. The molecule has 0 spiro atoms. The molecule has 0 bridgehead atoms. The maximum absolute atomic E-state index is 13.6. The molecule has 0 saturated heterocycles. The Hall–Kier alpha value is -2.67. The Morgan fingerprint density at radius 1 is 1.36 bits per heavy atom. The Morgan fingerprint density at radius 3 is 2.76 bits per heavy atom. The molecule has 0 aliphatic rings. The predicted octanol–water partition coefficient (Wildman–Crippen LogP) is 3.00. The minimum Gasteiger partial charge on any atom is -0.494 e. The van der Waals surface area contributed by atoms with Crippen LogP contribution in [0.3, 0.4) is 0 Å². The smallest absolute Gasteiger partial charge is 0.311 e. The van der Waals surface area contributed by atoms with Crippen LogP contribution in [0.5, 0.6) is 5.75 Å². The third-order valence-corrected chi connectivity index (χ3v) is 3.56. The van der Waals surface area contributed by atoms with Crippen LogP contribution in [0.25, 0.3) is 0 Å². The number of halogens is 2. The molecule has 2 rings (SSSR count). The van der Waals surface area contributed by atoms with Crippen LogP contribution < -0.4 is 10.1 Å². The summed E-state index contributed by atoms with van der Waals surface area (Å²) in [6.45, 7) is 1.42. The van der Waals surface area contributed by atoms with Crippen LogP contribution in [-0.2, 0) is 20.7 Å². The van der Waals surface area contributed by atoms with Crippen LogP contribution in [0.1, 0.15) is 12.5 Å². The summed E-state index contributed by atoms with van der Waals surface area (Å²) >= 11 is 5.85. The summed E-state index contributed by atoms with van der Waals surface area (Å²) in [4.78, 5) is 27.8. The van der Waals surface area contributed by atoms with Crippen LogP contribution in [0.15, 0.2) is 36.5 Å². The Bertz CT molecular complexity index is 785. The van der Waals surface area contributed by atoms with Gasteiger partial charge in [0.15, 0.2) is 22.8 Å². The number of anilines is 1. The van der Waals surface area contributed by atoms with Gasteiger partial charge in [0.2, 0.25) is 0 Å². The number of ether oxygens (including phenoxy) is 2. The molecule has 0 unspecified atom stereocenters. The van der Waals surface area contributed by atoms with Crippen LogP contribution in [0, 0.1) is 5.82 Å². The Kier molecular flexibility index (Phi) is 6.30. The van der Waals surface area contributed by atoms with Crippen molar-refractivity contribution in [2.45, 2.75) is 19.4 Å². The van der Waals surface area contributed by atoms with Crippen LogP contribution in [0.2, 0.25) is 5.15 Å². The molecule has 8 heteroatoms. The summed E-state index contributed by atoms with van der Waals surface area (Å²) in [5.74, 6) is -1.71. The normalized spacial score (nSPS) is 11.5. The summed E-state index contributed by atoms with van der Waals surface area (Å²) in [6, 6.07) is 7.32. The number of methoxy groups -OCH3 is 1. The molecule has 1 aromatic carbocycles. The second-order valence-electron chi connectivity index (χ2n) is 5.11. The zero-order valence-electron chi connectivity index (χ0n) is 13.6. The van der Waals surface area contributed by atoms with E-state index in [4.69, 9.17) is 21.1 Å². The van der Waals surface area contributed by atoms with E-state index in [1.807, 2.05) is 0 Å². The number of nitrogens with zero attached hydrogens (tertiary/aromatic N) is 1. The second-order valence-corrected chi connectivity index (χ2v) is 5.47. The minimum absolute atomic E-state index is 0.0817. The van der Waals surface area contributed by atoms with Crippen molar-refractivity contribution in [3.8, 4) is 5.75 Å². The Labute approximate surface area is 148 Å². The lowest BCUT2D eigenvalue weighted by molar-refractivity contribution is -0.152. The average Bonchev–Trinajstić information content (AvgIpc) is 2.57. The number of hydrogen-bond acceptors (Lipinski definition) is 5. The average molecular weight is 367 g/mol. The molecular formula is C17H16ClFN2O4. The summed E-state index contributed by atoms with van der Waals surface area (Å²) in [5, 5.41) is 2.64. The number of nitrogens with one attached hydrogen (secondary N) is 1. The molecule has 1 atom stereocenters. The second kappa shape index (κ2) is 8.43. The van der Waals surface area contributed by atoms with Crippen molar-refractivity contribution >= 4 is 29.2 Å². The van der Waals surface area contributed by atoms with Gasteiger partial charge in [-0.15, -0.1) is 0 Å². The van der Waals surface area contributed by atoms with Gasteiger partial charge in [-0.25, -0.2) is 9.37 Å². The number of carbonyl (C=O) groups is 2. The third kappa shape index (κ3) is 5.15. The Morgan fingerprint density at radius 2 is 2.12 bits per heavy atom. The highest BCUT2D eigenvalue weighted by Gasteiger charge is 2.19. The van der Waals surface area contributed by atoms with E-state index in [0.29, 0.717) is 11.3 Å². The van der Waals surface area contributed by atoms with E-state index in [-0.39, 0.29) is 17.3 Å². The molecule has 0 radical (unpaired) electrons. The number of pyridine rings is 1. The predicted molar refractivity (Wildman–Crippen MR) is 90.1 cm³/mol. The van der Waals surface area contributed by atoms with Gasteiger partial charge in [-0.1, -0.05) is 17.7 Å². The van der Waals surface area contributed by atoms with E-state index >= 15 is 0 Å². The summed E-state index contributed by atoms with van der Waals surface area (Å²) in [5.41, 5.74) is 0.723. The molecule has 25 heavy (non-hydrogen) atoms. The van der Waals surface area contributed by atoms with E-state index in [9.17, 15) is 14.0 Å². The molecule has 1 N–H and O–H groups in total. The number of carbonyl (C=O) groups excluding carboxylic acids is 2. The summed E-state index contributed by atoms with van der Waals surface area (Å²) in [6.07, 6.45) is 0.258. The van der Waals surface area contributed by atoms with Crippen molar-refractivity contribution in [1.82, 2.24) is 4.98 Å². The molecule has 0 aliphatic heterocycles. The lowest BCUT2D eigenvalue weighted by atomic mass is 10.1. The number of rotatable bonds is 6. The maximum Gasteiger partial charge on any atom is 0.311 e. The van der Waals surface area contributed by atoms with Crippen molar-refractivity contribution < 1.29 is 23.5 Å². The Balaban J connectivity index is 1.92. The van der Waals surface area contributed by atoms with Crippen LogP contribution in [0.4, 0.5) is 10.1 Å². The highest BCUT2D eigenvalue weighted by atomic mass is 35.5. The number of esters is 1. The molecule has 0 aliphatic carbocycles. The maximum atomic E-state index is 13.6. The van der Waals surface area contributed by atoms with E-state index in [2.05, 4.69) is 10.3 Å². The highest BCUT2D eigenvalue weighted by molar-refractivity contribution is 6.32. The van der Waals surface area contributed by atoms with Gasteiger partial charge in [0.1, 0.15) is 0 Å². The fourth-order valence-electron chi connectivity index (χ4n) is 1.99. The fourth-order valence-corrected chi connectivity index (χ4v) is 2.16. The highest BCUT2D eigenvalue weighted by Crippen LogP contribution is 2.19. The first-order valence-electron chi connectivity index (χ1n) is 7.34. The van der Waals surface area contributed by atoms with Gasteiger partial charge in [0.05, 0.1) is 19.2 Å². The molecule has 0 fully saturated rings. The largest absolute Gasteiger partial charge is 0.494 e. The zero-order chi connectivity index (χ0) is 18.4. The fraction of sp³-hybridized carbons (Fsp3) is 0.235. The number of benzene rings is 1. The van der Waals surface area contributed by atoms with Gasteiger partial charge >= 0.3 is 5.97 Å². The molecule has 1 heterocycles. The number of hydrogen-bond donors (Lipinski definition) is 1. The first-order chi connectivity index (χ1) is 11.9. The van der Waals surface area contributed by atoms with Gasteiger partial charge in [0, 0.05) is 6.20 Å². The van der Waals surface area contributed by atoms with Gasteiger partial charge in [0.25, 0.3) is 5.91 Å². The van der Waals surface area contributed by atoms with Crippen molar-refractivity contribution in [2.75, 3.05) is 12.4 Å². The zero-order valence-corrected chi connectivity index (χ0v) is 14.3. The molecule has 2 aromatic rings. The van der Waals surface area contributed by atoms with Crippen LogP contribution in [-0.4, -0.2) is 30.1 Å². The van der Waals surface area contributed by atoms with E-state index < -0.39 is 23.8 Å². The van der Waals surface area contributed by atoms with Crippen molar-refractivity contribution in [3.63, 3.8) is 0 Å². The minimum atomic E-state index is -1.05. The van der Waals surface area contributed by atoms with Gasteiger partial charge in [-0.05, 0) is 36.8 Å². The van der Waals surface area contributed by atoms with Gasteiger partial charge < -0.3 is 14.8 Å². The van der Waals surface area contributed by atoms with E-state index in [0.717, 1.165) is 0 Å². The van der Waals surface area contributed by atoms with Crippen molar-refractivity contribution in [2.24, 2.45) is 0 Å². The molecule has 1 aromatic heterocycles. The lowest BCUT2D eigenvalue weighted by Crippen LogP contribution is -2.30. The quantitative estimate of drug-likeness (QED) is 0.628. The van der Waals surface area contributed by atoms with Gasteiger partial charge in [-0.2, -0.15) is 0 Å². The SMILES string of the molecule is COc1ccc(CC(=O)O[C@H](C)C(=O)Nc2cccnc2Cl)cc1F. The third-order valence-electron chi connectivity index (χ3n) is 3.26. The molecule has 132 valence electrons. The lowest BCUT2D eigenvalue weighted by Gasteiger charge is -2.14. The standard InChI is InChI=1S/C17H16ClFN2O4/c1-10(17(23)21-13-4-3-7-20-16(13)18)25-15(22)9-11-5-6-14(24-2)12(19)8-11/h3-8,10H,9H2,1-2H3,(H,21,23)/t10-/m1/s1. The molecular weight excluding hydrogens is 351 g/mol. The van der Waals surface area contributed by atoms with Crippen LogP contribution >= 0.6 is 11.6 Å². The first kappa shape index (κ1) is 18.7. The molecule has 0 saturated carbocycles. The summed E-state index contributed by atoms with van der Waals surface area (Å²) < 4.78 is 23.5.